The van der Waals surface area contributed by atoms with E-state index in [2.05, 4.69) is 47.5 Å². The summed E-state index contributed by atoms with van der Waals surface area (Å²) in [5.41, 5.74) is 1.23. The molecule has 0 amide bonds. The molecule has 0 aliphatic carbocycles. The van der Waals surface area contributed by atoms with Crippen molar-refractivity contribution in [2.45, 2.75) is 46.2 Å². The van der Waals surface area contributed by atoms with Crippen LogP contribution in [0.4, 0.5) is 0 Å². The van der Waals surface area contributed by atoms with Crippen LogP contribution in [-0.2, 0) is 12.1 Å². The third kappa shape index (κ3) is 3.82. The predicted octanol–water partition coefficient (Wildman–Crippen LogP) is 2.07. The van der Waals surface area contributed by atoms with E-state index in [-0.39, 0.29) is 5.54 Å². The van der Waals surface area contributed by atoms with Gasteiger partial charge in [0.25, 0.3) is 0 Å². The second-order valence-electron chi connectivity index (χ2n) is 5.23. The molecule has 4 heteroatoms. The number of hydrogen-bond donors (Lipinski definition) is 1. The normalized spacial score (nSPS) is 12.3. The van der Waals surface area contributed by atoms with Gasteiger partial charge in [0.15, 0.2) is 0 Å². The van der Waals surface area contributed by atoms with E-state index >= 15 is 0 Å². The Bertz CT molecular complexity index is 339. The fraction of sp³-hybridized carbons (Fsp3) is 0.786. The van der Waals surface area contributed by atoms with Crippen LogP contribution in [0.15, 0.2) is 12.5 Å². The zero-order chi connectivity index (χ0) is 13.6. The van der Waals surface area contributed by atoms with Crippen LogP contribution in [0.3, 0.4) is 0 Å². The first-order valence-corrected chi connectivity index (χ1v) is 6.97. The van der Waals surface area contributed by atoms with Gasteiger partial charge in [0.1, 0.15) is 0 Å². The van der Waals surface area contributed by atoms with Gasteiger partial charge in [-0.2, -0.15) is 0 Å². The molecule has 0 unspecified atom stereocenters. The monoisotopic (exact) mass is 252 g/mol. The highest BCUT2D eigenvalue weighted by Crippen LogP contribution is 2.19. The number of imidazole rings is 1. The first-order valence-electron chi connectivity index (χ1n) is 6.97. The number of nitrogens with zero attached hydrogens (tertiary/aromatic N) is 3. The van der Waals surface area contributed by atoms with E-state index in [0.717, 1.165) is 26.2 Å². The second kappa shape index (κ2) is 6.90. The smallest absolute Gasteiger partial charge is 0.0948 e. The number of rotatable bonds is 8. The highest BCUT2D eigenvalue weighted by atomic mass is 15.1. The zero-order valence-electron chi connectivity index (χ0n) is 12.5. The summed E-state index contributed by atoms with van der Waals surface area (Å²) >= 11 is 0. The Morgan fingerprint density at radius 2 is 2.00 bits per heavy atom. The van der Waals surface area contributed by atoms with Gasteiger partial charge in [-0.05, 0) is 47.0 Å². The van der Waals surface area contributed by atoms with Crippen molar-refractivity contribution in [3.63, 3.8) is 0 Å². The molecular weight excluding hydrogens is 224 g/mol. The molecule has 1 rings (SSSR count). The molecule has 0 aliphatic heterocycles. The minimum atomic E-state index is -0.0221. The largest absolute Gasteiger partial charge is 0.333 e. The van der Waals surface area contributed by atoms with Crippen LogP contribution in [0.25, 0.3) is 0 Å². The maximum absolute atomic E-state index is 4.28. The van der Waals surface area contributed by atoms with Gasteiger partial charge in [0.2, 0.25) is 0 Å². The molecule has 1 heterocycles. The highest BCUT2D eigenvalue weighted by Gasteiger charge is 2.21. The Balaban J connectivity index is 2.56. The molecule has 4 nitrogen and oxygen atoms in total. The number of hydrogen-bond acceptors (Lipinski definition) is 3. The number of aryl methyl sites for hydroxylation is 1. The van der Waals surface area contributed by atoms with Crippen LogP contribution < -0.4 is 5.32 Å². The van der Waals surface area contributed by atoms with Gasteiger partial charge >= 0.3 is 0 Å². The topological polar surface area (TPSA) is 33.1 Å². The summed E-state index contributed by atoms with van der Waals surface area (Å²) in [4.78, 5) is 6.74. The summed E-state index contributed by atoms with van der Waals surface area (Å²) in [5, 5.41) is 3.33. The van der Waals surface area contributed by atoms with E-state index in [1.807, 2.05) is 19.6 Å². The maximum Gasteiger partial charge on any atom is 0.0948 e. The van der Waals surface area contributed by atoms with Crippen LogP contribution in [0, 0.1) is 0 Å². The molecule has 0 aromatic carbocycles. The summed E-state index contributed by atoms with van der Waals surface area (Å²) < 4.78 is 2.26. The van der Waals surface area contributed by atoms with Crippen molar-refractivity contribution in [3.05, 3.63) is 18.2 Å². The van der Waals surface area contributed by atoms with E-state index in [1.54, 1.807) is 0 Å². The molecule has 0 saturated carbocycles. The van der Waals surface area contributed by atoms with Crippen molar-refractivity contribution in [1.82, 2.24) is 19.8 Å². The van der Waals surface area contributed by atoms with Crippen LogP contribution in [0.2, 0.25) is 0 Å². The predicted molar refractivity (Wildman–Crippen MR) is 76.7 cm³/mol. The molecular formula is C14H28N4. The lowest BCUT2D eigenvalue weighted by Crippen LogP contribution is -2.35. The zero-order valence-corrected chi connectivity index (χ0v) is 12.5. The molecule has 0 aliphatic rings. The fourth-order valence-electron chi connectivity index (χ4n) is 2.15. The van der Waals surface area contributed by atoms with Gasteiger partial charge in [0.05, 0.1) is 17.6 Å². The number of nitrogens with one attached hydrogen (secondary N) is 1. The van der Waals surface area contributed by atoms with E-state index in [4.69, 9.17) is 0 Å². The first kappa shape index (κ1) is 15.2. The molecule has 18 heavy (non-hydrogen) atoms. The van der Waals surface area contributed by atoms with Crippen molar-refractivity contribution in [2.75, 3.05) is 26.7 Å². The van der Waals surface area contributed by atoms with Gasteiger partial charge in [-0.15, -0.1) is 0 Å². The second-order valence-corrected chi connectivity index (χ2v) is 5.23. The van der Waals surface area contributed by atoms with E-state index in [0.29, 0.717) is 0 Å². The van der Waals surface area contributed by atoms with Crippen molar-refractivity contribution in [3.8, 4) is 0 Å². The molecule has 104 valence electrons. The fourth-order valence-corrected chi connectivity index (χ4v) is 2.15. The van der Waals surface area contributed by atoms with Crippen LogP contribution >= 0.6 is 0 Å². The van der Waals surface area contributed by atoms with Crippen molar-refractivity contribution in [2.24, 2.45) is 0 Å². The molecule has 1 N–H and O–H groups in total. The van der Waals surface area contributed by atoms with Gasteiger partial charge in [-0.1, -0.05) is 13.8 Å². The average Bonchev–Trinajstić information content (AvgIpc) is 2.84. The molecule has 0 saturated heterocycles. The third-order valence-corrected chi connectivity index (χ3v) is 3.75. The van der Waals surface area contributed by atoms with E-state index in [1.165, 1.54) is 12.1 Å². The molecule has 0 spiro atoms. The molecule has 0 bridgehead atoms. The maximum atomic E-state index is 4.28. The average molecular weight is 252 g/mol. The molecule has 1 aromatic rings. The Hall–Kier alpha value is -0.870. The van der Waals surface area contributed by atoms with Gasteiger partial charge < -0.3 is 14.8 Å². The molecule has 1 aromatic heterocycles. The lowest BCUT2D eigenvalue weighted by atomic mass is 10.0. The van der Waals surface area contributed by atoms with Gasteiger partial charge in [-0.25, -0.2) is 4.98 Å². The summed E-state index contributed by atoms with van der Waals surface area (Å²) in [6.07, 6.45) is 5.08. The van der Waals surface area contributed by atoms with Crippen LogP contribution in [-0.4, -0.2) is 41.1 Å². The highest BCUT2D eigenvalue weighted by molar-refractivity contribution is 5.10. The summed E-state index contributed by atoms with van der Waals surface area (Å²) in [7, 11) is 1.99. The van der Waals surface area contributed by atoms with Crippen molar-refractivity contribution < 1.29 is 0 Å². The third-order valence-electron chi connectivity index (χ3n) is 3.75. The molecule has 0 atom stereocenters. The lowest BCUT2D eigenvalue weighted by Gasteiger charge is -2.26. The summed E-state index contributed by atoms with van der Waals surface area (Å²) in [6.45, 7) is 13.3. The SMILES string of the molecule is CCN(CC)CCCn1cncc1C(C)(C)NC. The Kier molecular flexibility index (Phi) is 5.82. The van der Waals surface area contributed by atoms with E-state index in [9.17, 15) is 0 Å². The van der Waals surface area contributed by atoms with Crippen LogP contribution in [0.1, 0.15) is 39.8 Å². The number of aromatic nitrogens is 2. The Labute approximate surface area is 111 Å². The van der Waals surface area contributed by atoms with Gasteiger partial charge in [0, 0.05) is 12.7 Å². The summed E-state index contributed by atoms with van der Waals surface area (Å²) in [5.74, 6) is 0. The summed E-state index contributed by atoms with van der Waals surface area (Å²) in [6, 6.07) is 0. The minimum absolute atomic E-state index is 0.0221. The molecule has 0 fully saturated rings. The van der Waals surface area contributed by atoms with Crippen molar-refractivity contribution >= 4 is 0 Å². The quantitative estimate of drug-likeness (QED) is 0.769. The van der Waals surface area contributed by atoms with Gasteiger partial charge in [-0.3, -0.25) is 0 Å². The minimum Gasteiger partial charge on any atom is -0.333 e. The Morgan fingerprint density at radius 3 is 2.56 bits per heavy atom. The lowest BCUT2D eigenvalue weighted by molar-refractivity contribution is 0.290. The standard InChI is InChI=1S/C14H28N4/c1-6-17(7-2)9-8-10-18-12-16-11-13(18)14(3,4)15-5/h11-12,15H,6-10H2,1-5H3. The molecule has 0 radical (unpaired) electrons. The Morgan fingerprint density at radius 1 is 1.33 bits per heavy atom. The first-order chi connectivity index (χ1) is 8.55. The van der Waals surface area contributed by atoms with E-state index < -0.39 is 0 Å². The van der Waals surface area contributed by atoms with Crippen LogP contribution in [0.5, 0.6) is 0 Å². The van der Waals surface area contributed by atoms with Crippen molar-refractivity contribution in [1.29, 1.82) is 0 Å².